The number of nitrogens with zero attached hydrogens (tertiary/aromatic N) is 2. The zero-order valence-electron chi connectivity index (χ0n) is 12.7. The first kappa shape index (κ1) is 16.0. The van der Waals surface area contributed by atoms with Gasteiger partial charge in [0.2, 0.25) is 11.8 Å². The Labute approximate surface area is 138 Å². The van der Waals surface area contributed by atoms with E-state index in [1.54, 1.807) is 6.20 Å². The molecule has 1 saturated heterocycles. The number of nitrogens with one attached hydrogen (secondary N) is 1. The highest BCUT2D eigenvalue weighted by atomic mass is 79.9. The molecule has 6 nitrogen and oxygen atoms in total. The Morgan fingerprint density at radius 2 is 2.36 bits per heavy atom. The Bertz CT molecular complexity index is 521. The van der Waals surface area contributed by atoms with E-state index in [-0.39, 0.29) is 12.1 Å². The van der Waals surface area contributed by atoms with Gasteiger partial charge in [-0.25, -0.2) is 4.98 Å². The van der Waals surface area contributed by atoms with Crippen LogP contribution < -0.4 is 10.1 Å². The van der Waals surface area contributed by atoms with E-state index in [0.717, 1.165) is 36.8 Å². The summed E-state index contributed by atoms with van der Waals surface area (Å²) in [4.78, 5) is 8.74. The van der Waals surface area contributed by atoms with Crippen molar-refractivity contribution in [1.82, 2.24) is 9.97 Å². The summed E-state index contributed by atoms with van der Waals surface area (Å²) >= 11 is 3.42. The third kappa shape index (κ3) is 4.08. The van der Waals surface area contributed by atoms with Crippen LogP contribution in [-0.2, 0) is 4.74 Å². The van der Waals surface area contributed by atoms with Gasteiger partial charge in [0.25, 0.3) is 0 Å². The van der Waals surface area contributed by atoms with E-state index in [2.05, 4.69) is 31.2 Å². The molecule has 2 heterocycles. The molecule has 3 rings (SSSR count). The van der Waals surface area contributed by atoms with Gasteiger partial charge in [0, 0.05) is 12.5 Å². The van der Waals surface area contributed by atoms with Crippen LogP contribution in [0.2, 0.25) is 0 Å². The standard InChI is InChI=1S/C15H22BrN3O3/c1-15(20)5-2-3-10(7-15)18-14-17-8-12(16)13(19-14)22-11-4-6-21-9-11/h8,10-11,20H,2-7,9H2,1H3,(H,17,18,19)/t10?,11-,15?/m1/s1. The molecule has 0 amide bonds. The molecule has 2 fully saturated rings. The van der Waals surface area contributed by atoms with Gasteiger partial charge in [-0.2, -0.15) is 4.98 Å². The van der Waals surface area contributed by atoms with E-state index in [1.807, 2.05) is 6.92 Å². The highest BCUT2D eigenvalue weighted by Gasteiger charge is 2.30. The van der Waals surface area contributed by atoms with Crippen LogP contribution in [0.25, 0.3) is 0 Å². The quantitative estimate of drug-likeness (QED) is 0.846. The molecule has 7 heteroatoms. The van der Waals surface area contributed by atoms with Crippen molar-refractivity contribution in [3.63, 3.8) is 0 Å². The molecule has 0 spiro atoms. The van der Waals surface area contributed by atoms with Crippen molar-refractivity contribution in [2.75, 3.05) is 18.5 Å². The molecule has 0 bridgehead atoms. The summed E-state index contributed by atoms with van der Waals surface area (Å²) in [7, 11) is 0. The van der Waals surface area contributed by atoms with E-state index in [0.29, 0.717) is 24.9 Å². The summed E-state index contributed by atoms with van der Waals surface area (Å²) < 4.78 is 11.9. The molecule has 22 heavy (non-hydrogen) atoms. The summed E-state index contributed by atoms with van der Waals surface area (Å²) in [5.41, 5.74) is -0.605. The SMILES string of the molecule is CC1(O)CCCC(Nc2ncc(Br)c(O[C@@H]3CCOC3)n2)C1. The fraction of sp³-hybridized carbons (Fsp3) is 0.733. The number of ether oxygens (including phenoxy) is 2. The van der Waals surface area contributed by atoms with Crippen LogP contribution in [-0.4, -0.2) is 46.0 Å². The zero-order chi connectivity index (χ0) is 15.6. The number of aromatic nitrogens is 2. The number of aliphatic hydroxyl groups is 1. The number of halogens is 1. The maximum Gasteiger partial charge on any atom is 0.233 e. The third-order valence-electron chi connectivity index (χ3n) is 4.17. The summed E-state index contributed by atoms with van der Waals surface area (Å²) in [5, 5.41) is 13.5. The maximum absolute atomic E-state index is 10.2. The molecule has 1 aromatic rings. The summed E-state index contributed by atoms with van der Waals surface area (Å²) in [6, 6.07) is 0.188. The van der Waals surface area contributed by atoms with Crippen LogP contribution in [0, 0.1) is 0 Å². The molecule has 2 unspecified atom stereocenters. The molecule has 1 aliphatic heterocycles. The van der Waals surface area contributed by atoms with Crippen molar-refractivity contribution in [2.24, 2.45) is 0 Å². The number of rotatable bonds is 4. The Hall–Kier alpha value is -0.920. The molecular formula is C15H22BrN3O3. The highest BCUT2D eigenvalue weighted by Crippen LogP contribution is 2.30. The number of anilines is 1. The fourth-order valence-electron chi connectivity index (χ4n) is 3.04. The van der Waals surface area contributed by atoms with Gasteiger partial charge < -0.3 is 19.9 Å². The average molecular weight is 372 g/mol. The summed E-state index contributed by atoms with van der Waals surface area (Å²) in [6.45, 7) is 3.22. The van der Waals surface area contributed by atoms with Crippen molar-refractivity contribution in [1.29, 1.82) is 0 Å². The van der Waals surface area contributed by atoms with Crippen molar-refractivity contribution < 1.29 is 14.6 Å². The minimum Gasteiger partial charge on any atom is -0.471 e. The summed E-state index contributed by atoms with van der Waals surface area (Å²) in [5.74, 6) is 1.08. The number of hydrogen-bond acceptors (Lipinski definition) is 6. The second-order valence-electron chi connectivity index (χ2n) is 6.38. The van der Waals surface area contributed by atoms with Gasteiger partial charge in [0.05, 0.1) is 29.5 Å². The van der Waals surface area contributed by atoms with Crippen molar-refractivity contribution >= 4 is 21.9 Å². The Kier molecular flexibility index (Phi) is 4.84. The van der Waals surface area contributed by atoms with Crippen LogP contribution in [0.1, 0.15) is 39.0 Å². The van der Waals surface area contributed by atoms with Gasteiger partial charge >= 0.3 is 0 Å². The van der Waals surface area contributed by atoms with Crippen LogP contribution in [0.15, 0.2) is 10.7 Å². The molecule has 2 aliphatic rings. The molecule has 1 saturated carbocycles. The van der Waals surface area contributed by atoms with E-state index >= 15 is 0 Å². The van der Waals surface area contributed by atoms with Crippen LogP contribution in [0.5, 0.6) is 5.88 Å². The van der Waals surface area contributed by atoms with E-state index in [9.17, 15) is 5.11 Å². The monoisotopic (exact) mass is 371 g/mol. The lowest BCUT2D eigenvalue weighted by Crippen LogP contribution is -2.38. The van der Waals surface area contributed by atoms with Crippen LogP contribution in [0.3, 0.4) is 0 Å². The minimum absolute atomic E-state index is 0.0504. The number of hydrogen-bond donors (Lipinski definition) is 2. The smallest absolute Gasteiger partial charge is 0.233 e. The third-order valence-corrected chi connectivity index (χ3v) is 4.71. The molecule has 1 aromatic heterocycles. The normalized spacial score (nSPS) is 32.0. The van der Waals surface area contributed by atoms with Crippen LogP contribution in [0.4, 0.5) is 5.95 Å². The first-order valence-corrected chi connectivity index (χ1v) is 8.57. The van der Waals surface area contributed by atoms with Gasteiger partial charge in [0.1, 0.15) is 6.10 Å². The first-order valence-electron chi connectivity index (χ1n) is 7.78. The zero-order valence-corrected chi connectivity index (χ0v) is 14.3. The predicted octanol–water partition coefficient (Wildman–Crippen LogP) is 2.51. The van der Waals surface area contributed by atoms with Gasteiger partial charge in [0.15, 0.2) is 0 Å². The molecule has 2 N–H and O–H groups in total. The van der Waals surface area contributed by atoms with Crippen molar-refractivity contribution in [2.45, 2.75) is 56.8 Å². The molecule has 0 aromatic carbocycles. The molecule has 1 aliphatic carbocycles. The lowest BCUT2D eigenvalue weighted by atomic mass is 9.83. The molecule has 122 valence electrons. The summed E-state index contributed by atoms with van der Waals surface area (Å²) in [6.07, 6.45) is 6.20. The molecule has 3 atom stereocenters. The highest BCUT2D eigenvalue weighted by molar-refractivity contribution is 9.10. The van der Waals surface area contributed by atoms with Gasteiger partial charge in [-0.1, -0.05) is 0 Å². The average Bonchev–Trinajstić information content (AvgIpc) is 2.94. The van der Waals surface area contributed by atoms with Crippen LogP contribution >= 0.6 is 15.9 Å². The molecular weight excluding hydrogens is 350 g/mol. The minimum atomic E-state index is -0.605. The largest absolute Gasteiger partial charge is 0.471 e. The van der Waals surface area contributed by atoms with E-state index < -0.39 is 5.60 Å². The second kappa shape index (κ2) is 6.68. The lowest BCUT2D eigenvalue weighted by molar-refractivity contribution is 0.0182. The van der Waals surface area contributed by atoms with Gasteiger partial charge in [-0.15, -0.1) is 0 Å². The lowest BCUT2D eigenvalue weighted by Gasteiger charge is -2.34. The predicted molar refractivity (Wildman–Crippen MR) is 86.1 cm³/mol. The first-order chi connectivity index (χ1) is 10.5. The van der Waals surface area contributed by atoms with E-state index in [4.69, 9.17) is 9.47 Å². The Morgan fingerprint density at radius 1 is 1.50 bits per heavy atom. The van der Waals surface area contributed by atoms with Gasteiger partial charge in [-0.05, 0) is 48.5 Å². The topological polar surface area (TPSA) is 76.5 Å². The Balaban J connectivity index is 1.66. The maximum atomic E-state index is 10.2. The van der Waals surface area contributed by atoms with Crippen molar-refractivity contribution in [3.05, 3.63) is 10.7 Å². The Morgan fingerprint density at radius 3 is 3.09 bits per heavy atom. The van der Waals surface area contributed by atoms with Crippen molar-refractivity contribution in [3.8, 4) is 5.88 Å². The van der Waals surface area contributed by atoms with Gasteiger partial charge in [-0.3, -0.25) is 0 Å². The van der Waals surface area contributed by atoms with E-state index in [1.165, 1.54) is 0 Å². The second-order valence-corrected chi connectivity index (χ2v) is 7.24. The fourth-order valence-corrected chi connectivity index (χ4v) is 3.32. The molecule has 0 radical (unpaired) electrons.